The highest BCUT2D eigenvalue weighted by Gasteiger charge is 2.15. The van der Waals surface area contributed by atoms with Gasteiger partial charge >= 0.3 is 0 Å². The normalized spacial score (nSPS) is 13.7. The molecule has 0 saturated carbocycles. The highest BCUT2D eigenvalue weighted by atomic mass is 35.5. The minimum absolute atomic E-state index is 0.140. The van der Waals surface area contributed by atoms with Crippen LogP contribution in [0.2, 0.25) is 10.0 Å². The van der Waals surface area contributed by atoms with Crippen molar-refractivity contribution < 1.29 is 10.2 Å². The lowest BCUT2D eigenvalue weighted by atomic mass is 10.0. The third-order valence-electron chi connectivity index (χ3n) is 3.73. The van der Waals surface area contributed by atoms with Crippen LogP contribution in [0.15, 0.2) is 36.4 Å². The number of nitrogens with two attached hydrogens (primary N) is 1. The van der Waals surface area contributed by atoms with E-state index in [-0.39, 0.29) is 11.8 Å². The molecule has 0 aliphatic rings. The van der Waals surface area contributed by atoms with E-state index in [0.29, 0.717) is 28.7 Å². The van der Waals surface area contributed by atoms with Crippen molar-refractivity contribution >= 4 is 28.9 Å². The van der Waals surface area contributed by atoms with Crippen molar-refractivity contribution in [3.05, 3.63) is 57.6 Å². The zero-order valence-corrected chi connectivity index (χ0v) is 14.3. The van der Waals surface area contributed by atoms with Crippen LogP contribution in [0.3, 0.4) is 0 Å². The van der Waals surface area contributed by atoms with Gasteiger partial charge in [0.2, 0.25) is 0 Å². The second-order valence-electron chi connectivity index (χ2n) is 5.50. The van der Waals surface area contributed by atoms with Crippen LogP contribution in [0.5, 0.6) is 5.75 Å². The Hall–Kier alpha value is -1.46. The predicted octanol–water partition coefficient (Wildman–Crippen LogP) is 3.54. The molecule has 2 aromatic rings. The molecule has 0 bridgehead atoms. The zero-order valence-electron chi connectivity index (χ0n) is 12.8. The monoisotopic (exact) mass is 354 g/mol. The van der Waals surface area contributed by atoms with E-state index in [1.54, 1.807) is 36.4 Å². The molecule has 2 rings (SSSR count). The number of halogens is 2. The maximum atomic E-state index is 10.3. The first-order chi connectivity index (χ1) is 10.9. The first kappa shape index (κ1) is 17.9. The Balaban J connectivity index is 1.89. The topological polar surface area (TPSA) is 78.5 Å². The average molecular weight is 355 g/mol. The molecule has 0 aliphatic heterocycles. The number of phenols is 1. The van der Waals surface area contributed by atoms with Gasteiger partial charge in [0.15, 0.2) is 0 Å². The quantitative estimate of drug-likeness (QED) is 0.598. The van der Waals surface area contributed by atoms with Crippen LogP contribution in [-0.2, 0) is 6.42 Å². The Morgan fingerprint density at radius 1 is 1.13 bits per heavy atom. The molecular formula is C17H20Cl2N2O2. The maximum absolute atomic E-state index is 10.3. The standard InChI is InChI=1S/C17H20Cl2N2O2/c1-10(17(23)12-2-4-13(22)5-3-12)21-7-6-11-8-14(18)16(20)15(19)9-11/h2-5,8-10,17,21-23H,6-7,20H2,1H3/t10-,17-/m0/s1. The van der Waals surface area contributed by atoms with Crippen LogP contribution in [0.25, 0.3) is 0 Å². The Kier molecular flexibility index (Phi) is 6.13. The minimum Gasteiger partial charge on any atom is -0.508 e. The van der Waals surface area contributed by atoms with Crippen LogP contribution in [0, 0.1) is 0 Å². The molecule has 0 unspecified atom stereocenters. The Labute approximate surface area is 145 Å². The Morgan fingerprint density at radius 3 is 2.26 bits per heavy atom. The summed E-state index contributed by atoms with van der Waals surface area (Å²) >= 11 is 12.0. The number of hydrogen-bond acceptors (Lipinski definition) is 4. The molecule has 2 aromatic carbocycles. The first-order valence-electron chi connectivity index (χ1n) is 7.32. The van der Waals surface area contributed by atoms with Crippen molar-refractivity contribution in [3.8, 4) is 5.75 Å². The largest absolute Gasteiger partial charge is 0.508 e. The van der Waals surface area contributed by atoms with E-state index in [0.717, 1.165) is 11.1 Å². The smallest absolute Gasteiger partial charge is 0.115 e. The summed E-state index contributed by atoms with van der Waals surface area (Å²) < 4.78 is 0. The number of aliphatic hydroxyl groups excluding tert-OH is 1. The summed E-state index contributed by atoms with van der Waals surface area (Å²) in [4.78, 5) is 0. The number of rotatable bonds is 6. The number of nitrogens with one attached hydrogen (secondary N) is 1. The molecule has 0 amide bonds. The fraction of sp³-hybridized carbons (Fsp3) is 0.294. The molecule has 2 atom stereocenters. The van der Waals surface area contributed by atoms with Gasteiger partial charge in [-0.25, -0.2) is 0 Å². The van der Waals surface area contributed by atoms with Gasteiger partial charge in [-0.15, -0.1) is 0 Å². The average Bonchev–Trinajstić information content (AvgIpc) is 2.52. The summed E-state index contributed by atoms with van der Waals surface area (Å²) in [5.74, 6) is 0.179. The number of hydrogen-bond donors (Lipinski definition) is 4. The summed E-state index contributed by atoms with van der Waals surface area (Å²) in [5.41, 5.74) is 7.83. The summed E-state index contributed by atoms with van der Waals surface area (Å²) in [5, 5.41) is 23.7. The summed E-state index contributed by atoms with van der Waals surface area (Å²) in [7, 11) is 0. The molecule has 0 aliphatic carbocycles. The van der Waals surface area contributed by atoms with Crippen molar-refractivity contribution in [1.29, 1.82) is 0 Å². The molecular weight excluding hydrogens is 335 g/mol. The summed E-state index contributed by atoms with van der Waals surface area (Å²) in [6, 6.07) is 9.99. The van der Waals surface area contributed by atoms with Gasteiger partial charge in [0, 0.05) is 6.04 Å². The van der Waals surface area contributed by atoms with Gasteiger partial charge in [-0.3, -0.25) is 0 Å². The molecule has 124 valence electrons. The lowest BCUT2D eigenvalue weighted by Crippen LogP contribution is -2.33. The fourth-order valence-corrected chi connectivity index (χ4v) is 2.83. The van der Waals surface area contributed by atoms with E-state index in [9.17, 15) is 10.2 Å². The van der Waals surface area contributed by atoms with Gasteiger partial charge in [-0.1, -0.05) is 35.3 Å². The number of benzene rings is 2. The molecule has 5 N–H and O–H groups in total. The van der Waals surface area contributed by atoms with Crippen LogP contribution in [0.1, 0.15) is 24.2 Å². The number of nitrogen functional groups attached to an aromatic ring is 1. The highest BCUT2D eigenvalue weighted by molar-refractivity contribution is 6.38. The van der Waals surface area contributed by atoms with E-state index in [4.69, 9.17) is 28.9 Å². The lowest BCUT2D eigenvalue weighted by Gasteiger charge is -2.21. The van der Waals surface area contributed by atoms with Gasteiger partial charge < -0.3 is 21.3 Å². The van der Waals surface area contributed by atoms with E-state index in [1.165, 1.54) is 0 Å². The van der Waals surface area contributed by atoms with E-state index in [2.05, 4.69) is 5.32 Å². The molecule has 0 fully saturated rings. The van der Waals surface area contributed by atoms with Gasteiger partial charge in [-0.05, 0) is 55.3 Å². The highest BCUT2D eigenvalue weighted by Crippen LogP contribution is 2.29. The second kappa shape index (κ2) is 7.88. The van der Waals surface area contributed by atoms with Crippen molar-refractivity contribution in [3.63, 3.8) is 0 Å². The predicted molar refractivity (Wildman–Crippen MR) is 95.1 cm³/mol. The fourth-order valence-electron chi connectivity index (χ4n) is 2.30. The van der Waals surface area contributed by atoms with Crippen LogP contribution in [-0.4, -0.2) is 22.8 Å². The maximum Gasteiger partial charge on any atom is 0.115 e. The molecule has 0 spiro atoms. The number of phenolic OH excluding ortho intramolecular Hbond substituents is 1. The number of anilines is 1. The Bertz CT molecular complexity index is 639. The summed E-state index contributed by atoms with van der Waals surface area (Å²) in [6.07, 6.45) is 0.0565. The molecule has 0 saturated heterocycles. The number of aliphatic hydroxyl groups is 1. The third-order valence-corrected chi connectivity index (χ3v) is 4.35. The molecule has 4 nitrogen and oxygen atoms in total. The lowest BCUT2D eigenvalue weighted by molar-refractivity contribution is 0.136. The summed E-state index contributed by atoms with van der Waals surface area (Å²) in [6.45, 7) is 2.56. The van der Waals surface area contributed by atoms with Crippen molar-refractivity contribution in [2.24, 2.45) is 0 Å². The minimum atomic E-state index is -0.658. The Morgan fingerprint density at radius 2 is 1.70 bits per heavy atom. The van der Waals surface area contributed by atoms with Gasteiger partial charge in [0.05, 0.1) is 21.8 Å². The molecule has 0 aromatic heterocycles. The van der Waals surface area contributed by atoms with Gasteiger partial charge in [0.1, 0.15) is 5.75 Å². The molecule has 6 heteroatoms. The van der Waals surface area contributed by atoms with Crippen molar-refractivity contribution in [2.45, 2.75) is 25.5 Å². The van der Waals surface area contributed by atoms with Crippen LogP contribution >= 0.6 is 23.2 Å². The van der Waals surface area contributed by atoms with Gasteiger partial charge in [-0.2, -0.15) is 0 Å². The van der Waals surface area contributed by atoms with Gasteiger partial charge in [0.25, 0.3) is 0 Å². The van der Waals surface area contributed by atoms with E-state index < -0.39 is 6.10 Å². The second-order valence-corrected chi connectivity index (χ2v) is 6.32. The molecule has 0 heterocycles. The third kappa shape index (κ3) is 4.75. The van der Waals surface area contributed by atoms with Crippen molar-refractivity contribution in [1.82, 2.24) is 5.32 Å². The zero-order chi connectivity index (χ0) is 17.0. The van der Waals surface area contributed by atoms with Crippen molar-refractivity contribution in [2.75, 3.05) is 12.3 Å². The van der Waals surface area contributed by atoms with E-state index >= 15 is 0 Å². The number of aromatic hydroxyl groups is 1. The van der Waals surface area contributed by atoms with E-state index in [1.807, 2.05) is 6.92 Å². The molecule has 0 radical (unpaired) electrons. The molecule has 23 heavy (non-hydrogen) atoms. The SMILES string of the molecule is C[C@H](NCCc1cc(Cl)c(N)c(Cl)c1)[C@H](O)c1ccc(O)cc1. The van der Waals surface area contributed by atoms with Crippen LogP contribution < -0.4 is 11.1 Å². The first-order valence-corrected chi connectivity index (χ1v) is 8.08. The van der Waals surface area contributed by atoms with Crippen LogP contribution in [0.4, 0.5) is 5.69 Å².